The van der Waals surface area contributed by atoms with Crippen LogP contribution in [0.25, 0.3) is 0 Å². The molecular weight excluding hydrogens is 510 g/mol. The van der Waals surface area contributed by atoms with Crippen molar-refractivity contribution in [2.45, 2.75) is 64.2 Å². The maximum absolute atomic E-state index is 14.0. The van der Waals surface area contributed by atoms with Gasteiger partial charge >= 0.3 is 0 Å². The molecule has 0 saturated carbocycles. The lowest BCUT2D eigenvalue weighted by Gasteiger charge is -2.30. The zero-order valence-electron chi connectivity index (χ0n) is 22.5. The van der Waals surface area contributed by atoms with Crippen molar-refractivity contribution in [2.24, 2.45) is 5.92 Å². The van der Waals surface area contributed by atoms with Crippen molar-refractivity contribution in [3.63, 3.8) is 0 Å². The highest BCUT2D eigenvalue weighted by Crippen LogP contribution is 2.39. The number of benzene rings is 2. The van der Waals surface area contributed by atoms with Crippen molar-refractivity contribution < 1.29 is 19.2 Å². The molecule has 2 aliphatic rings. The lowest BCUT2D eigenvalue weighted by atomic mass is 9.96. The lowest BCUT2D eigenvalue weighted by Crippen LogP contribution is -2.58. The number of nitrogens with zero attached hydrogens (tertiary/aromatic N) is 3. The molecule has 208 valence electrons. The number of rotatable bonds is 9. The topological polar surface area (TPSA) is 149 Å². The number of amides is 4. The van der Waals surface area contributed by atoms with E-state index in [0.29, 0.717) is 36.9 Å². The van der Waals surface area contributed by atoms with Crippen LogP contribution in [0.2, 0.25) is 0 Å². The molecule has 0 aliphatic carbocycles. The maximum atomic E-state index is 14.0. The van der Waals surface area contributed by atoms with Gasteiger partial charge in [0, 0.05) is 12.0 Å². The van der Waals surface area contributed by atoms with E-state index in [-0.39, 0.29) is 30.2 Å². The van der Waals surface area contributed by atoms with E-state index in [9.17, 15) is 19.2 Å². The van der Waals surface area contributed by atoms with Crippen LogP contribution >= 0.6 is 0 Å². The number of aromatic nitrogens is 3. The monoisotopic (exact) mass is 543 g/mol. The van der Waals surface area contributed by atoms with Gasteiger partial charge in [0.15, 0.2) is 0 Å². The Morgan fingerprint density at radius 3 is 2.60 bits per heavy atom. The molecule has 4 amide bonds. The Morgan fingerprint density at radius 1 is 1.10 bits per heavy atom. The van der Waals surface area contributed by atoms with Gasteiger partial charge in [-0.1, -0.05) is 56.7 Å². The van der Waals surface area contributed by atoms with Gasteiger partial charge in [0.1, 0.15) is 23.8 Å². The van der Waals surface area contributed by atoms with E-state index in [0.717, 1.165) is 16.8 Å². The van der Waals surface area contributed by atoms with Crippen LogP contribution in [-0.4, -0.2) is 57.2 Å². The molecule has 11 heteroatoms. The molecule has 0 spiro atoms. The molecule has 2 aliphatic heterocycles. The Balaban J connectivity index is 1.35. The lowest BCUT2D eigenvalue weighted by molar-refractivity contribution is -0.130. The fraction of sp³-hybridized carbons (Fsp3) is 0.379. The third kappa shape index (κ3) is 5.45. The number of aryl methyl sites for hydroxylation is 1. The summed E-state index contributed by atoms with van der Waals surface area (Å²) in [5, 5.41) is 18.9. The number of para-hydroxylation sites is 1. The number of hydrogen-bond acceptors (Lipinski definition) is 6. The number of nitrogens with one attached hydrogen (secondary N) is 4. The third-order valence-electron chi connectivity index (χ3n) is 7.75. The first-order chi connectivity index (χ1) is 19.4. The summed E-state index contributed by atoms with van der Waals surface area (Å²) in [6, 6.07) is 12.1. The van der Waals surface area contributed by atoms with Crippen molar-refractivity contribution in [2.75, 3.05) is 4.90 Å². The van der Waals surface area contributed by atoms with Gasteiger partial charge in [-0.2, -0.15) is 15.4 Å². The second-order valence-corrected chi connectivity index (χ2v) is 10.3. The van der Waals surface area contributed by atoms with E-state index in [4.69, 9.17) is 0 Å². The normalized spacial score (nSPS) is 19.2. The van der Waals surface area contributed by atoms with E-state index in [1.165, 1.54) is 6.20 Å². The predicted octanol–water partition coefficient (Wildman–Crippen LogP) is 1.65. The minimum atomic E-state index is -0.850. The van der Waals surface area contributed by atoms with Gasteiger partial charge in [-0.25, -0.2) is 0 Å². The Kier molecular flexibility index (Phi) is 7.90. The molecule has 4 atom stereocenters. The molecule has 4 N–H and O–H groups in total. The van der Waals surface area contributed by atoms with Gasteiger partial charge in [-0.15, -0.1) is 0 Å². The molecule has 3 aromatic rings. The van der Waals surface area contributed by atoms with E-state index in [2.05, 4.69) is 31.4 Å². The largest absolute Gasteiger partial charge is 0.348 e. The first-order valence-corrected chi connectivity index (χ1v) is 13.6. The van der Waals surface area contributed by atoms with Gasteiger partial charge < -0.3 is 16.0 Å². The molecule has 2 aromatic carbocycles. The van der Waals surface area contributed by atoms with Crippen molar-refractivity contribution >= 4 is 29.3 Å². The highest BCUT2D eigenvalue weighted by atomic mass is 16.2. The summed E-state index contributed by atoms with van der Waals surface area (Å²) in [5.41, 5.74) is 3.66. The first-order valence-electron chi connectivity index (χ1n) is 13.6. The molecule has 11 nitrogen and oxygen atoms in total. The summed E-state index contributed by atoms with van der Waals surface area (Å²) in [5.74, 6) is -1.59. The fourth-order valence-corrected chi connectivity index (χ4v) is 5.36. The van der Waals surface area contributed by atoms with Crippen LogP contribution in [0.1, 0.15) is 53.9 Å². The summed E-state index contributed by atoms with van der Waals surface area (Å²) in [6.45, 7) is 4.01. The highest BCUT2D eigenvalue weighted by molar-refractivity contribution is 6.08. The number of anilines is 1. The van der Waals surface area contributed by atoms with E-state index in [1.807, 2.05) is 38.1 Å². The summed E-state index contributed by atoms with van der Waals surface area (Å²) >= 11 is 0. The summed E-state index contributed by atoms with van der Waals surface area (Å²) in [7, 11) is 0. The quantitative estimate of drug-likeness (QED) is 0.323. The Hall–Kier alpha value is -4.54. The second kappa shape index (κ2) is 11.7. The summed E-state index contributed by atoms with van der Waals surface area (Å²) in [6.07, 6.45) is 3.50. The SMILES string of the molecule is CCC(C)[C@H](NC(=O)c1ccccc1)C(=O)N[C@H]1CCc2cccc3c2N(C1=O)[C@H](C(=O)NCc1cn[nH]n1)C3. The van der Waals surface area contributed by atoms with E-state index >= 15 is 0 Å². The van der Waals surface area contributed by atoms with Crippen LogP contribution in [0.4, 0.5) is 5.69 Å². The molecule has 1 unspecified atom stereocenters. The minimum absolute atomic E-state index is 0.167. The number of hydrogen-bond donors (Lipinski definition) is 4. The van der Waals surface area contributed by atoms with Gasteiger partial charge in [0.2, 0.25) is 17.7 Å². The molecule has 40 heavy (non-hydrogen) atoms. The van der Waals surface area contributed by atoms with Crippen LogP contribution in [0.15, 0.2) is 54.7 Å². The molecule has 3 heterocycles. The zero-order chi connectivity index (χ0) is 28.2. The summed E-state index contributed by atoms with van der Waals surface area (Å²) in [4.78, 5) is 55.3. The molecule has 1 aromatic heterocycles. The van der Waals surface area contributed by atoms with E-state index in [1.54, 1.807) is 29.2 Å². The zero-order valence-corrected chi connectivity index (χ0v) is 22.5. The number of carbonyl (C=O) groups excluding carboxylic acids is 4. The van der Waals surface area contributed by atoms with Gasteiger partial charge in [-0.05, 0) is 42.0 Å². The first kappa shape index (κ1) is 27.0. The predicted molar refractivity (Wildman–Crippen MR) is 147 cm³/mol. The summed E-state index contributed by atoms with van der Waals surface area (Å²) < 4.78 is 0. The average molecular weight is 544 g/mol. The minimum Gasteiger partial charge on any atom is -0.348 e. The van der Waals surface area contributed by atoms with Crippen LogP contribution < -0.4 is 20.9 Å². The maximum Gasteiger partial charge on any atom is 0.251 e. The van der Waals surface area contributed by atoms with Crippen molar-refractivity contribution in [1.82, 2.24) is 31.4 Å². The van der Waals surface area contributed by atoms with Crippen LogP contribution in [0, 0.1) is 5.92 Å². The fourth-order valence-electron chi connectivity index (χ4n) is 5.36. The molecule has 5 rings (SSSR count). The average Bonchev–Trinajstić information content (AvgIpc) is 3.61. The van der Waals surface area contributed by atoms with Gasteiger partial charge in [0.05, 0.1) is 18.4 Å². The Morgan fingerprint density at radius 2 is 1.88 bits per heavy atom. The number of H-pyrrole nitrogens is 1. The van der Waals surface area contributed by atoms with Crippen molar-refractivity contribution in [3.8, 4) is 0 Å². The Labute approximate surface area is 232 Å². The standard InChI is InChI=1S/C29H33N7O4/c1-3-17(2)24(33-26(37)19-8-5-4-6-9-19)28(39)32-22-13-12-18-10-7-11-20-14-23(36(25(18)20)29(22)40)27(38)30-15-21-16-31-35-34-21/h4-11,16-17,22-24H,3,12-15H2,1-2H3,(H,30,38)(H,32,39)(H,33,37)(H,31,34,35)/t17?,22-,23-,24-/m0/s1. The highest BCUT2D eigenvalue weighted by Gasteiger charge is 2.44. The van der Waals surface area contributed by atoms with E-state index < -0.39 is 24.0 Å². The molecule has 0 bridgehead atoms. The second-order valence-electron chi connectivity index (χ2n) is 10.3. The van der Waals surface area contributed by atoms with Crippen LogP contribution in [0.3, 0.4) is 0 Å². The smallest absolute Gasteiger partial charge is 0.251 e. The molecule has 0 radical (unpaired) electrons. The Bertz CT molecular complexity index is 1390. The molecule has 0 saturated heterocycles. The van der Waals surface area contributed by atoms with Crippen molar-refractivity contribution in [3.05, 3.63) is 77.1 Å². The van der Waals surface area contributed by atoms with Crippen LogP contribution in [-0.2, 0) is 33.8 Å². The van der Waals surface area contributed by atoms with Gasteiger partial charge in [0.25, 0.3) is 5.91 Å². The van der Waals surface area contributed by atoms with Crippen LogP contribution in [0.5, 0.6) is 0 Å². The number of aromatic amines is 1. The van der Waals surface area contributed by atoms with Gasteiger partial charge in [-0.3, -0.25) is 24.1 Å². The van der Waals surface area contributed by atoms with Crippen molar-refractivity contribution in [1.29, 1.82) is 0 Å². The molecular formula is C29H33N7O4. The third-order valence-corrected chi connectivity index (χ3v) is 7.75. The number of carbonyl (C=O) groups is 4. The molecule has 0 fully saturated rings.